The van der Waals surface area contributed by atoms with Gasteiger partial charge in [-0.3, -0.25) is 44.8 Å². The number of hydrogen-bond donors (Lipinski definition) is 10. The standard InChI is InChI=1S/C42H60N14O8S/c43-30(11-5-16-50-41(44)45)39(61)55-21-7-13-33(55)40(62)56-32(12-6-17-51-42(46)47)36(59)35(56)37(54-31(25-58)38(60)53-28(24-57)22-26-8-2-1-3-9-26)49-19-20-52-65(63,64)34-14-4-10-27-23-48-18-15-29(27)34/h1-4,8-10,14-15,18,23-24,28,30-33,35,37,49,52,54,58H,5-7,11-13,16-17,19-22,25,43H2,(H,53,60)(H4,44,45,50)(H4,46,47,51)/t28-,30+,31+,32+,33+,35?,37?/m1/s1. The molecule has 65 heavy (non-hydrogen) atoms. The van der Waals surface area contributed by atoms with E-state index in [1.54, 1.807) is 48.7 Å². The molecule has 2 aromatic carbocycles. The average molecular weight is 921 g/mol. The number of likely N-dealkylation sites (tertiary alicyclic amines) is 2. The quantitative estimate of drug-likeness (QED) is 0.0132. The molecule has 0 aliphatic carbocycles. The molecule has 2 aliphatic rings. The van der Waals surface area contributed by atoms with E-state index in [1.807, 2.05) is 6.07 Å². The Labute approximate surface area is 377 Å². The molecular weight excluding hydrogens is 861 g/mol. The number of fused-ring (bicyclic) bond motifs is 1. The number of aliphatic hydroxyl groups is 1. The fraction of sp³-hybridized carbons (Fsp3) is 0.476. The van der Waals surface area contributed by atoms with Gasteiger partial charge in [-0.25, -0.2) is 13.1 Å². The maximum Gasteiger partial charge on any atom is 0.246 e. The van der Waals surface area contributed by atoms with Crippen LogP contribution >= 0.6 is 0 Å². The van der Waals surface area contributed by atoms with Crippen LogP contribution in [0, 0.1) is 0 Å². The number of aliphatic hydroxyl groups excluding tert-OH is 1. The zero-order valence-corrected chi connectivity index (χ0v) is 36.8. The van der Waals surface area contributed by atoms with E-state index < -0.39 is 82.6 Å². The molecule has 5 rings (SSSR count). The van der Waals surface area contributed by atoms with Crippen LogP contribution in [0.1, 0.15) is 44.1 Å². The Kier molecular flexibility index (Phi) is 18.2. The van der Waals surface area contributed by atoms with Gasteiger partial charge in [0.05, 0.1) is 35.8 Å². The normalized spacial score (nSPS) is 19.1. The monoisotopic (exact) mass is 920 g/mol. The summed E-state index contributed by atoms with van der Waals surface area (Å²) in [5.74, 6) is -2.45. The first-order valence-electron chi connectivity index (χ1n) is 21.4. The predicted octanol–water partition coefficient (Wildman–Crippen LogP) is -3.12. The smallest absolute Gasteiger partial charge is 0.246 e. The molecule has 2 saturated heterocycles. The largest absolute Gasteiger partial charge is 0.394 e. The minimum atomic E-state index is -4.09. The first-order valence-corrected chi connectivity index (χ1v) is 22.9. The van der Waals surface area contributed by atoms with Crippen molar-refractivity contribution < 1.29 is 37.5 Å². The van der Waals surface area contributed by atoms with Gasteiger partial charge in [-0.05, 0) is 62.6 Å². The number of benzene rings is 2. The van der Waals surface area contributed by atoms with E-state index in [-0.39, 0.29) is 75.2 Å². The maximum absolute atomic E-state index is 14.8. The number of sulfonamides is 1. The molecule has 15 N–H and O–H groups in total. The van der Waals surface area contributed by atoms with Crippen molar-refractivity contribution in [2.45, 2.75) is 92.3 Å². The number of hydrogen-bond acceptors (Lipinski definition) is 14. The van der Waals surface area contributed by atoms with Gasteiger partial charge in [0, 0.05) is 55.9 Å². The molecule has 3 heterocycles. The van der Waals surface area contributed by atoms with Gasteiger partial charge in [-0.2, -0.15) is 0 Å². The van der Waals surface area contributed by atoms with E-state index >= 15 is 0 Å². The van der Waals surface area contributed by atoms with Crippen molar-refractivity contribution >= 4 is 62.5 Å². The van der Waals surface area contributed by atoms with Crippen molar-refractivity contribution in [2.75, 3.05) is 39.3 Å². The van der Waals surface area contributed by atoms with Crippen LogP contribution in [0.4, 0.5) is 0 Å². The van der Waals surface area contributed by atoms with Crippen LogP contribution in [0.15, 0.2) is 81.9 Å². The number of nitrogens with two attached hydrogens (primary N) is 5. The number of aldehydes is 1. The summed E-state index contributed by atoms with van der Waals surface area (Å²) in [6, 6.07) is 8.65. The molecule has 7 atom stereocenters. The van der Waals surface area contributed by atoms with Crippen molar-refractivity contribution in [3.8, 4) is 0 Å². The number of nitrogens with zero attached hydrogens (tertiary/aromatic N) is 5. The molecule has 2 aliphatic heterocycles. The average Bonchev–Trinajstić information content (AvgIpc) is 3.79. The van der Waals surface area contributed by atoms with Gasteiger partial charge in [0.2, 0.25) is 27.7 Å². The Morgan fingerprint density at radius 3 is 2.38 bits per heavy atom. The molecule has 23 heteroatoms. The Morgan fingerprint density at radius 2 is 1.69 bits per heavy atom. The highest BCUT2D eigenvalue weighted by molar-refractivity contribution is 7.89. The molecule has 0 spiro atoms. The van der Waals surface area contributed by atoms with Gasteiger partial charge in [-0.15, -0.1) is 0 Å². The van der Waals surface area contributed by atoms with Gasteiger partial charge < -0.3 is 53.7 Å². The van der Waals surface area contributed by atoms with Crippen molar-refractivity contribution in [1.29, 1.82) is 0 Å². The number of ketones is 1. The number of rotatable bonds is 25. The molecule has 3 aromatic rings. The Hall–Kier alpha value is -6.11. The third-order valence-electron chi connectivity index (χ3n) is 11.2. The zero-order chi connectivity index (χ0) is 47.1. The number of nitrogens with one attached hydrogen (secondary N) is 4. The van der Waals surface area contributed by atoms with Crippen molar-refractivity contribution in [1.82, 2.24) is 35.5 Å². The number of carbonyl (C=O) groups is 5. The first-order chi connectivity index (χ1) is 31.2. The summed E-state index contributed by atoms with van der Waals surface area (Å²) in [4.78, 5) is 83.5. The lowest BCUT2D eigenvalue weighted by atomic mass is 9.84. The Bertz CT molecular complexity index is 2290. The minimum absolute atomic E-state index is 0.0166. The summed E-state index contributed by atoms with van der Waals surface area (Å²) >= 11 is 0. The van der Waals surface area contributed by atoms with Gasteiger partial charge in [0.1, 0.15) is 24.4 Å². The summed E-state index contributed by atoms with van der Waals surface area (Å²) in [5, 5.41) is 20.4. The van der Waals surface area contributed by atoms with Crippen LogP contribution in [0.2, 0.25) is 0 Å². The number of guanidine groups is 2. The van der Waals surface area contributed by atoms with E-state index in [0.717, 1.165) is 5.56 Å². The van der Waals surface area contributed by atoms with Crippen LogP contribution in [0.5, 0.6) is 0 Å². The van der Waals surface area contributed by atoms with Crippen LogP contribution in [-0.2, 0) is 40.4 Å². The second-order valence-electron chi connectivity index (χ2n) is 15.8. The molecule has 0 radical (unpaired) electrons. The Balaban J connectivity index is 1.41. The van der Waals surface area contributed by atoms with E-state index in [4.69, 9.17) is 28.7 Å². The van der Waals surface area contributed by atoms with Crippen molar-refractivity contribution in [3.63, 3.8) is 0 Å². The fourth-order valence-corrected chi connectivity index (χ4v) is 9.34. The number of pyridine rings is 1. The lowest BCUT2D eigenvalue weighted by molar-refractivity contribution is -0.167. The fourth-order valence-electron chi connectivity index (χ4n) is 8.08. The lowest BCUT2D eigenvalue weighted by Gasteiger charge is -2.52. The third kappa shape index (κ3) is 13.2. The molecule has 0 saturated carbocycles. The van der Waals surface area contributed by atoms with E-state index in [2.05, 4.69) is 35.6 Å². The summed E-state index contributed by atoms with van der Waals surface area (Å²) in [5.41, 5.74) is 29.0. The molecule has 2 unspecified atom stereocenters. The number of aliphatic imine (C=N–C) groups is 2. The number of Topliss-reactive ketones (excluding diaryl/α,β-unsaturated/α-hetero) is 1. The SMILES string of the molecule is NC(N)=NCCC[C@H](N)C(=O)N1CCC[C@H]1C(=O)N1C(C(NCCNS(=O)(=O)c2cccc3cnccc23)N[C@@H](CO)C(=O)N[C@@H](C=O)Cc2ccccc2)C(=O)[C@@H]1CCCN=C(N)N. The van der Waals surface area contributed by atoms with E-state index in [1.165, 1.54) is 22.1 Å². The molecule has 352 valence electrons. The predicted molar refractivity (Wildman–Crippen MR) is 243 cm³/mol. The first kappa shape index (κ1) is 49.9. The van der Waals surface area contributed by atoms with Gasteiger partial charge in [-0.1, -0.05) is 42.5 Å². The van der Waals surface area contributed by atoms with E-state index in [0.29, 0.717) is 36.3 Å². The Morgan fingerprint density at radius 1 is 0.969 bits per heavy atom. The van der Waals surface area contributed by atoms with Crippen LogP contribution < -0.4 is 49.3 Å². The minimum Gasteiger partial charge on any atom is -0.394 e. The molecule has 1 aromatic heterocycles. The molecule has 3 amide bonds. The van der Waals surface area contributed by atoms with Crippen LogP contribution in [-0.4, -0.2) is 152 Å². The number of carbonyl (C=O) groups excluding carboxylic acids is 5. The zero-order valence-electron chi connectivity index (χ0n) is 36.0. The summed E-state index contributed by atoms with van der Waals surface area (Å²) in [6.45, 7) is -0.513. The van der Waals surface area contributed by atoms with Gasteiger partial charge in [0.25, 0.3) is 0 Å². The van der Waals surface area contributed by atoms with E-state index in [9.17, 15) is 37.5 Å². The highest BCUT2D eigenvalue weighted by Gasteiger charge is 2.56. The highest BCUT2D eigenvalue weighted by Crippen LogP contribution is 2.32. The van der Waals surface area contributed by atoms with Crippen molar-refractivity contribution in [2.24, 2.45) is 38.7 Å². The molecule has 22 nitrogen and oxygen atoms in total. The summed E-state index contributed by atoms with van der Waals surface area (Å²) in [7, 11) is -4.09. The second kappa shape index (κ2) is 23.7. The molecular formula is C42H60N14O8S. The summed E-state index contributed by atoms with van der Waals surface area (Å²) in [6.07, 6.45) is 4.32. The third-order valence-corrected chi connectivity index (χ3v) is 12.8. The molecule has 0 bridgehead atoms. The van der Waals surface area contributed by atoms with Gasteiger partial charge in [0.15, 0.2) is 17.7 Å². The topological polar surface area (TPSA) is 362 Å². The second-order valence-corrected chi connectivity index (χ2v) is 17.6. The molecule has 2 fully saturated rings. The maximum atomic E-state index is 14.8. The number of aromatic nitrogens is 1. The number of amides is 3. The van der Waals surface area contributed by atoms with Crippen molar-refractivity contribution in [3.05, 3.63) is 72.6 Å². The lowest BCUT2D eigenvalue weighted by Crippen LogP contribution is -2.78. The highest BCUT2D eigenvalue weighted by atomic mass is 32.2. The van der Waals surface area contributed by atoms with Gasteiger partial charge >= 0.3 is 0 Å². The van der Waals surface area contributed by atoms with Crippen LogP contribution in [0.25, 0.3) is 10.8 Å². The van der Waals surface area contributed by atoms with Crippen LogP contribution in [0.3, 0.4) is 0 Å². The summed E-state index contributed by atoms with van der Waals surface area (Å²) < 4.78 is 29.7.